The Hall–Kier alpha value is -1.66. The second kappa shape index (κ2) is 6.67. The van der Waals surface area contributed by atoms with Crippen molar-refractivity contribution in [3.05, 3.63) is 23.3 Å². The summed E-state index contributed by atoms with van der Waals surface area (Å²) in [4.78, 5) is 16.7. The van der Waals surface area contributed by atoms with Gasteiger partial charge in [-0.15, -0.1) is 11.3 Å². The zero-order chi connectivity index (χ0) is 14.5. The maximum atomic E-state index is 12.1. The second-order valence-corrected chi connectivity index (χ2v) is 5.95. The average Bonchev–Trinajstić information content (AvgIpc) is 2.81. The molecule has 1 unspecified atom stereocenters. The minimum absolute atomic E-state index is 0.139. The van der Waals surface area contributed by atoms with Crippen molar-refractivity contribution in [2.24, 2.45) is 5.92 Å². The number of nitrogens with zero attached hydrogens (tertiary/aromatic N) is 1. The van der Waals surface area contributed by atoms with Crippen LogP contribution in [0.2, 0.25) is 0 Å². The molecule has 6 heteroatoms. The Kier molecular flexibility index (Phi) is 4.92. The number of anilines is 1. The molecule has 0 saturated heterocycles. The van der Waals surface area contributed by atoms with Crippen LogP contribution < -0.4 is 11.1 Å². The van der Waals surface area contributed by atoms with Crippen LogP contribution in [-0.4, -0.2) is 29.1 Å². The Morgan fingerprint density at radius 3 is 3.10 bits per heavy atom. The molecule has 1 atom stereocenters. The van der Waals surface area contributed by atoms with Gasteiger partial charge in [-0.2, -0.15) is 0 Å². The van der Waals surface area contributed by atoms with Crippen molar-refractivity contribution < 1.29 is 9.90 Å². The molecule has 0 spiro atoms. The van der Waals surface area contributed by atoms with Crippen LogP contribution >= 0.6 is 11.3 Å². The van der Waals surface area contributed by atoms with Crippen molar-refractivity contribution in [1.82, 2.24) is 10.3 Å². The number of carbonyl (C=O) groups is 1. The van der Waals surface area contributed by atoms with E-state index in [2.05, 4.69) is 10.3 Å². The quantitative estimate of drug-likeness (QED) is 0.711. The Morgan fingerprint density at radius 1 is 1.60 bits per heavy atom. The number of aliphatic hydroxyl groups is 1. The van der Waals surface area contributed by atoms with Crippen LogP contribution in [0.3, 0.4) is 0 Å². The highest BCUT2D eigenvalue weighted by atomic mass is 32.1. The summed E-state index contributed by atoms with van der Waals surface area (Å²) in [6.45, 7) is 2.76. The minimum atomic E-state index is -0.139. The van der Waals surface area contributed by atoms with Crippen molar-refractivity contribution in [1.29, 1.82) is 0 Å². The third-order valence-electron chi connectivity index (χ3n) is 3.21. The lowest BCUT2D eigenvalue weighted by atomic mass is 10.1. The van der Waals surface area contributed by atoms with E-state index in [0.717, 1.165) is 22.9 Å². The third-order valence-corrected chi connectivity index (χ3v) is 4.36. The first-order chi connectivity index (χ1) is 9.63. The molecule has 1 amide bonds. The number of nitrogen functional groups attached to an aromatic ring is 1. The van der Waals surface area contributed by atoms with Gasteiger partial charge in [0.05, 0.1) is 10.4 Å². The highest BCUT2D eigenvalue weighted by Gasteiger charge is 2.15. The molecule has 20 heavy (non-hydrogen) atoms. The van der Waals surface area contributed by atoms with E-state index in [4.69, 9.17) is 10.8 Å². The van der Waals surface area contributed by atoms with E-state index in [0.29, 0.717) is 17.1 Å². The van der Waals surface area contributed by atoms with Gasteiger partial charge in [0.15, 0.2) is 0 Å². The molecule has 0 aliphatic heterocycles. The Morgan fingerprint density at radius 2 is 2.40 bits per heavy atom. The Balaban J connectivity index is 1.96. The fourth-order valence-electron chi connectivity index (χ4n) is 1.96. The van der Waals surface area contributed by atoms with Crippen molar-refractivity contribution in [2.45, 2.75) is 19.8 Å². The highest BCUT2D eigenvalue weighted by molar-refractivity contribution is 7.21. The number of aliphatic hydroxyl groups excluding tert-OH is 1. The molecule has 0 saturated carbocycles. The van der Waals surface area contributed by atoms with Crippen LogP contribution in [0.5, 0.6) is 0 Å². The fourth-order valence-corrected chi connectivity index (χ4v) is 2.97. The summed E-state index contributed by atoms with van der Waals surface area (Å²) < 4.78 is 0.920. The van der Waals surface area contributed by atoms with Crippen molar-refractivity contribution in [3.63, 3.8) is 0 Å². The van der Waals surface area contributed by atoms with Gasteiger partial charge in [-0.25, -0.2) is 0 Å². The number of aromatic nitrogens is 1. The monoisotopic (exact) mass is 293 g/mol. The summed E-state index contributed by atoms with van der Waals surface area (Å²) in [5.41, 5.74) is 6.52. The lowest BCUT2D eigenvalue weighted by Gasteiger charge is -2.08. The molecule has 0 aliphatic rings. The summed E-state index contributed by atoms with van der Waals surface area (Å²) in [6.07, 6.45) is 5.13. The smallest absolute Gasteiger partial charge is 0.263 e. The van der Waals surface area contributed by atoms with E-state index in [1.165, 1.54) is 11.3 Å². The number of nitrogens with two attached hydrogens (primary N) is 1. The van der Waals surface area contributed by atoms with Gasteiger partial charge in [0, 0.05) is 30.9 Å². The summed E-state index contributed by atoms with van der Waals surface area (Å²) in [7, 11) is 0. The molecule has 2 rings (SSSR count). The first-order valence-electron chi connectivity index (χ1n) is 6.64. The first kappa shape index (κ1) is 14.7. The zero-order valence-corrected chi connectivity index (χ0v) is 12.2. The van der Waals surface area contributed by atoms with E-state index >= 15 is 0 Å². The van der Waals surface area contributed by atoms with Gasteiger partial charge < -0.3 is 16.2 Å². The highest BCUT2D eigenvalue weighted by Crippen LogP contribution is 2.32. The van der Waals surface area contributed by atoms with Gasteiger partial charge >= 0.3 is 0 Å². The molecule has 0 bridgehead atoms. The molecular weight excluding hydrogens is 274 g/mol. The molecule has 0 aromatic carbocycles. The average molecular weight is 293 g/mol. The van der Waals surface area contributed by atoms with Gasteiger partial charge in [0.2, 0.25) is 0 Å². The molecule has 5 nitrogen and oxygen atoms in total. The van der Waals surface area contributed by atoms with Gasteiger partial charge in [-0.3, -0.25) is 9.78 Å². The molecule has 2 aromatic rings. The predicted molar refractivity (Wildman–Crippen MR) is 81.8 cm³/mol. The summed E-state index contributed by atoms with van der Waals surface area (Å²) in [5, 5.41) is 12.7. The predicted octanol–water partition coefficient (Wildman–Crippen LogP) is 2.02. The standard InChI is InChI=1S/C14H19N3O2S/c1-9(8-18)3-2-5-17-14(19)13-12(15)10-4-6-16-7-11(10)20-13/h4,6-7,9,18H,2-3,5,8,15H2,1H3,(H,17,19). The van der Waals surface area contributed by atoms with Crippen LogP contribution in [0.4, 0.5) is 5.69 Å². The van der Waals surface area contributed by atoms with Gasteiger partial charge in [0.25, 0.3) is 5.91 Å². The van der Waals surface area contributed by atoms with Gasteiger partial charge in [-0.1, -0.05) is 6.92 Å². The van der Waals surface area contributed by atoms with Gasteiger partial charge in [0.1, 0.15) is 4.88 Å². The normalized spacial score (nSPS) is 12.5. The number of nitrogens with one attached hydrogen (secondary N) is 1. The van der Waals surface area contributed by atoms with Crippen LogP contribution in [0.15, 0.2) is 18.5 Å². The van der Waals surface area contributed by atoms with E-state index in [1.54, 1.807) is 12.4 Å². The third kappa shape index (κ3) is 3.26. The lowest BCUT2D eigenvalue weighted by molar-refractivity contribution is 0.0957. The van der Waals surface area contributed by atoms with Crippen molar-refractivity contribution in [3.8, 4) is 0 Å². The first-order valence-corrected chi connectivity index (χ1v) is 7.46. The number of hydrogen-bond acceptors (Lipinski definition) is 5. The molecular formula is C14H19N3O2S. The lowest BCUT2D eigenvalue weighted by Crippen LogP contribution is -2.24. The molecule has 0 aliphatic carbocycles. The van der Waals surface area contributed by atoms with Crippen LogP contribution in [0, 0.1) is 5.92 Å². The molecule has 2 heterocycles. The maximum Gasteiger partial charge on any atom is 0.263 e. The van der Waals surface area contributed by atoms with Crippen LogP contribution in [0.25, 0.3) is 10.1 Å². The number of hydrogen-bond donors (Lipinski definition) is 3. The van der Waals surface area contributed by atoms with E-state index < -0.39 is 0 Å². The van der Waals surface area contributed by atoms with E-state index in [-0.39, 0.29) is 18.4 Å². The topological polar surface area (TPSA) is 88.2 Å². The number of pyridine rings is 1. The number of rotatable bonds is 6. The summed E-state index contributed by atoms with van der Waals surface area (Å²) in [5.74, 6) is 0.132. The van der Waals surface area contributed by atoms with Crippen LogP contribution in [0.1, 0.15) is 29.4 Å². The number of thiophene rings is 1. The van der Waals surface area contributed by atoms with Gasteiger partial charge in [-0.05, 0) is 24.8 Å². The van der Waals surface area contributed by atoms with E-state index in [9.17, 15) is 4.79 Å². The number of fused-ring (bicyclic) bond motifs is 1. The SMILES string of the molecule is CC(CO)CCCNC(=O)c1sc2cnccc2c1N. The van der Waals surface area contributed by atoms with E-state index in [1.807, 2.05) is 13.0 Å². The van der Waals surface area contributed by atoms with Crippen molar-refractivity contribution >= 4 is 33.0 Å². The minimum Gasteiger partial charge on any atom is -0.397 e. The molecule has 108 valence electrons. The fraction of sp³-hybridized carbons (Fsp3) is 0.429. The number of amides is 1. The second-order valence-electron chi connectivity index (χ2n) is 4.90. The molecule has 2 aromatic heterocycles. The Bertz CT molecular complexity index is 597. The maximum absolute atomic E-state index is 12.1. The summed E-state index contributed by atoms with van der Waals surface area (Å²) >= 11 is 1.36. The van der Waals surface area contributed by atoms with Crippen molar-refractivity contribution in [2.75, 3.05) is 18.9 Å². The number of carbonyl (C=O) groups excluding carboxylic acids is 1. The van der Waals surface area contributed by atoms with Crippen LogP contribution in [-0.2, 0) is 0 Å². The molecule has 0 fully saturated rings. The Labute approximate surface area is 121 Å². The summed E-state index contributed by atoms with van der Waals surface area (Å²) in [6, 6.07) is 1.82. The molecule has 0 radical (unpaired) electrons. The molecule has 4 N–H and O–H groups in total. The zero-order valence-electron chi connectivity index (χ0n) is 11.4. The largest absolute Gasteiger partial charge is 0.397 e.